The lowest BCUT2D eigenvalue weighted by atomic mass is 10.0. The molecule has 8 heteroatoms. The second kappa shape index (κ2) is 9.04. The molecule has 0 fully saturated rings. The second-order valence-electron chi connectivity index (χ2n) is 7.98. The smallest absolute Gasteiger partial charge is 0.269 e. The zero-order valence-electron chi connectivity index (χ0n) is 18.5. The van der Waals surface area contributed by atoms with Crippen molar-refractivity contribution in [2.45, 2.75) is 19.4 Å². The lowest BCUT2D eigenvalue weighted by Crippen LogP contribution is -2.27. The molecule has 4 rings (SSSR count). The average Bonchev–Trinajstić information content (AvgIpc) is 2.79. The van der Waals surface area contributed by atoms with E-state index in [2.05, 4.69) is 10.6 Å². The predicted octanol–water partition coefficient (Wildman–Crippen LogP) is 6.00. The maximum Gasteiger partial charge on any atom is 0.269 e. The minimum Gasteiger partial charge on any atom is -0.494 e. The highest BCUT2D eigenvalue weighted by Gasteiger charge is 2.21. The minimum absolute atomic E-state index is 0.0149. The van der Waals surface area contributed by atoms with Crippen molar-refractivity contribution in [1.82, 2.24) is 0 Å². The first-order valence-corrected chi connectivity index (χ1v) is 10.4. The molecule has 0 aliphatic carbocycles. The van der Waals surface area contributed by atoms with Gasteiger partial charge < -0.3 is 20.1 Å². The molecule has 2 N–H and O–H groups in total. The van der Waals surface area contributed by atoms with E-state index in [1.807, 2.05) is 68.5 Å². The molecule has 3 aromatic rings. The number of ether oxygens (including phenoxy) is 2. The van der Waals surface area contributed by atoms with Crippen LogP contribution in [0.1, 0.15) is 19.4 Å². The molecule has 1 heterocycles. The van der Waals surface area contributed by atoms with Crippen molar-refractivity contribution in [3.8, 4) is 11.5 Å². The Morgan fingerprint density at radius 2 is 1.73 bits per heavy atom. The Labute approximate surface area is 191 Å². The van der Waals surface area contributed by atoms with Gasteiger partial charge in [0.15, 0.2) is 0 Å². The Hall–Kier alpha value is -4.33. The summed E-state index contributed by atoms with van der Waals surface area (Å²) in [6.45, 7) is 4.01. The number of nitro groups is 1. The quantitative estimate of drug-likeness (QED) is 0.217. The fourth-order valence-electron chi connectivity index (χ4n) is 3.33. The summed E-state index contributed by atoms with van der Waals surface area (Å²) in [7, 11) is 1.59. The molecule has 0 aromatic heterocycles. The highest BCUT2D eigenvalue weighted by Crippen LogP contribution is 2.33. The third-order valence-electron chi connectivity index (χ3n) is 4.97. The molecule has 1 aliphatic rings. The van der Waals surface area contributed by atoms with Gasteiger partial charge in [0.25, 0.3) is 5.69 Å². The van der Waals surface area contributed by atoms with Crippen LogP contribution in [-0.4, -0.2) is 23.6 Å². The van der Waals surface area contributed by atoms with Crippen LogP contribution in [0, 0.1) is 10.1 Å². The molecule has 8 nitrogen and oxygen atoms in total. The van der Waals surface area contributed by atoms with Crippen LogP contribution in [0.2, 0.25) is 0 Å². The number of benzene rings is 3. The third-order valence-corrected chi connectivity index (χ3v) is 4.97. The van der Waals surface area contributed by atoms with Gasteiger partial charge in [-0.15, -0.1) is 0 Å². The minimum atomic E-state index is -0.435. The summed E-state index contributed by atoms with van der Waals surface area (Å²) in [6, 6.07) is 19.3. The van der Waals surface area contributed by atoms with Crippen molar-refractivity contribution < 1.29 is 14.4 Å². The summed E-state index contributed by atoms with van der Waals surface area (Å²) in [6.07, 6.45) is 4.04. The van der Waals surface area contributed by atoms with Crippen molar-refractivity contribution in [3.05, 3.63) is 88.5 Å². The topological polar surface area (TPSA) is 98.0 Å². The molecular weight excluding hydrogens is 420 g/mol. The fourth-order valence-corrected chi connectivity index (χ4v) is 3.33. The molecular formula is C25H24N4O4. The summed E-state index contributed by atoms with van der Waals surface area (Å²) in [4.78, 5) is 15.2. The predicted molar refractivity (Wildman–Crippen MR) is 131 cm³/mol. The van der Waals surface area contributed by atoms with Crippen LogP contribution in [0.4, 0.5) is 22.7 Å². The number of hydrogen-bond acceptors (Lipinski definition) is 5. The fraction of sp³-hybridized carbons (Fsp3) is 0.160. The molecule has 0 radical (unpaired) electrons. The number of hydrogen-bond donors (Lipinski definition) is 2. The largest absolute Gasteiger partial charge is 0.494 e. The standard InChI is InChI=1S/C25H24N4O4/c1-25(2)15-14-17-16-19(10-13-22(17)33-25)27-24(28-21-6-4-5-7-23(21)32-3)26-18-8-11-20(12-9-18)29(30)31/h4-16H,1-3H3,(H2,26,27,28). The zero-order chi connectivity index (χ0) is 23.4. The van der Waals surface area contributed by atoms with E-state index in [4.69, 9.17) is 14.5 Å². The van der Waals surface area contributed by atoms with E-state index in [0.29, 0.717) is 23.1 Å². The maximum atomic E-state index is 11.0. The molecule has 1 aliphatic heterocycles. The number of nitro benzene ring substituents is 1. The Balaban J connectivity index is 1.65. The van der Waals surface area contributed by atoms with Gasteiger partial charge in [-0.2, -0.15) is 0 Å². The summed E-state index contributed by atoms with van der Waals surface area (Å²) < 4.78 is 11.4. The molecule has 0 saturated carbocycles. The SMILES string of the molecule is COc1ccccc1N=C(Nc1ccc([N+](=O)[O-])cc1)Nc1ccc2c(c1)C=CC(C)(C)O2. The highest BCUT2D eigenvalue weighted by molar-refractivity contribution is 6.05. The van der Waals surface area contributed by atoms with Gasteiger partial charge in [0.05, 0.1) is 12.0 Å². The van der Waals surface area contributed by atoms with E-state index >= 15 is 0 Å². The first kappa shape index (κ1) is 21.9. The number of para-hydroxylation sites is 2. The van der Waals surface area contributed by atoms with E-state index < -0.39 is 4.92 Å². The van der Waals surface area contributed by atoms with E-state index in [1.165, 1.54) is 12.1 Å². The number of non-ortho nitro benzene ring substituents is 1. The van der Waals surface area contributed by atoms with E-state index in [9.17, 15) is 10.1 Å². The van der Waals surface area contributed by atoms with Crippen LogP contribution in [0.5, 0.6) is 11.5 Å². The Morgan fingerprint density at radius 3 is 2.45 bits per heavy atom. The third kappa shape index (κ3) is 5.30. The van der Waals surface area contributed by atoms with Crippen molar-refractivity contribution in [2.75, 3.05) is 17.7 Å². The van der Waals surface area contributed by atoms with Gasteiger partial charge in [0.2, 0.25) is 5.96 Å². The Bertz CT molecular complexity index is 1230. The van der Waals surface area contributed by atoms with Crippen molar-refractivity contribution in [1.29, 1.82) is 0 Å². The molecule has 0 unspecified atom stereocenters. The van der Waals surface area contributed by atoms with Gasteiger partial charge in [-0.3, -0.25) is 10.1 Å². The lowest BCUT2D eigenvalue weighted by Gasteiger charge is -2.28. The molecule has 3 aromatic carbocycles. The number of aliphatic imine (C=N–C) groups is 1. The number of nitrogens with one attached hydrogen (secondary N) is 2. The molecule has 33 heavy (non-hydrogen) atoms. The molecule has 0 amide bonds. The molecule has 0 atom stereocenters. The molecule has 0 spiro atoms. The summed E-state index contributed by atoms with van der Waals surface area (Å²) >= 11 is 0. The van der Waals surface area contributed by atoms with Crippen molar-refractivity contribution >= 4 is 34.8 Å². The number of anilines is 2. The Morgan fingerprint density at radius 1 is 1.03 bits per heavy atom. The van der Waals surface area contributed by atoms with Gasteiger partial charge in [0, 0.05) is 29.1 Å². The second-order valence-corrected chi connectivity index (χ2v) is 7.98. The average molecular weight is 444 g/mol. The van der Waals surface area contributed by atoms with Crippen LogP contribution < -0.4 is 20.1 Å². The van der Waals surface area contributed by atoms with Crippen LogP contribution in [-0.2, 0) is 0 Å². The van der Waals surface area contributed by atoms with Gasteiger partial charge >= 0.3 is 0 Å². The monoisotopic (exact) mass is 444 g/mol. The van der Waals surface area contributed by atoms with Gasteiger partial charge in [-0.25, -0.2) is 4.99 Å². The van der Waals surface area contributed by atoms with Crippen molar-refractivity contribution in [3.63, 3.8) is 0 Å². The van der Waals surface area contributed by atoms with E-state index in [0.717, 1.165) is 17.0 Å². The summed E-state index contributed by atoms with van der Waals surface area (Å²) in [5.41, 5.74) is 2.68. The molecule has 168 valence electrons. The van der Waals surface area contributed by atoms with Crippen LogP contribution in [0.15, 0.2) is 77.8 Å². The maximum absolute atomic E-state index is 11.0. The highest BCUT2D eigenvalue weighted by atomic mass is 16.6. The normalized spacial score (nSPS) is 14.1. The van der Waals surface area contributed by atoms with Gasteiger partial charge in [-0.05, 0) is 62.4 Å². The number of rotatable bonds is 5. The Kier molecular flexibility index (Phi) is 5.99. The first-order valence-electron chi connectivity index (χ1n) is 10.4. The molecule has 0 bridgehead atoms. The van der Waals surface area contributed by atoms with E-state index in [1.54, 1.807) is 19.2 Å². The lowest BCUT2D eigenvalue weighted by molar-refractivity contribution is -0.384. The van der Waals surface area contributed by atoms with Gasteiger partial charge in [-0.1, -0.05) is 18.2 Å². The van der Waals surface area contributed by atoms with Crippen molar-refractivity contribution in [2.24, 2.45) is 4.99 Å². The first-order chi connectivity index (χ1) is 15.8. The number of guanidine groups is 1. The summed E-state index contributed by atoms with van der Waals surface area (Å²) in [5.74, 6) is 1.85. The summed E-state index contributed by atoms with van der Waals surface area (Å²) in [5, 5.41) is 17.5. The molecule has 0 saturated heterocycles. The zero-order valence-corrected chi connectivity index (χ0v) is 18.5. The number of nitrogens with zero attached hydrogens (tertiary/aromatic N) is 2. The van der Waals surface area contributed by atoms with Crippen LogP contribution in [0.25, 0.3) is 6.08 Å². The van der Waals surface area contributed by atoms with E-state index in [-0.39, 0.29) is 11.3 Å². The van der Waals surface area contributed by atoms with Crippen LogP contribution >= 0.6 is 0 Å². The number of fused-ring (bicyclic) bond motifs is 1. The van der Waals surface area contributed by atoms with Crippen LogP contribution in [0.3, 0.4) is 0 Å². The van der Waals surface area contributed by atoms with Gasteiger partial charge in [0.1, 0.15) is 22.8 Å². The number of methoxy groups -OCH3 is 1.